The van der Waals surface area contributed by atoms with Crippen molar-refractivity contribution in [1.29, 1.82) is 0 Å². The quantitative estimate of drug-likeness (QED) is 0.280. The second kappa shape index (κ2) is 11.1. The zero-order chi connectivity index (χ0) is 23.3. The first-order valence-corrected chi connectivity index (χ1v) is 12.4. The molecule has 32 heavy (non-hydrogen) atoms. The molecule has 6 heteroatoms. The molecule has 0 aliphatic heterocycles. The van der Waals surface area contributed by atoms with E-state index in [2.05, 4.69) is 61.0 Å². The standard InChI is InChI=1S/C26H30BrNO3S/c1-16(2)24-25(32-26(28-24)20-6-10-21(27)11-7-20)18(4)15-31-22-12-8-19(17(3)14-22)9-13-23(29)30-5/h6-8,10-12,14,16,18H,9,13,15H2,1-5H3. The van der Waals surface area contributed by atoms with Crippen LogP contribution < -0.4 is 4.74 Å². The van der Waals surface area contributed by atoms with E-state index < -0.39 is 0 Å². The number of esters is 1. The zero-order valence-corrected chi connectivity index (χ0v) is 21.7. The van der Waals surface area contributed by atoms with Gasteiger partial charge in [0.15, 0.2) is 0 Å². The molecule has 1 atom stereocenters. The van der Waals surface area contributed by atoms with Crippen LogP contribution in [-0.2, 0) is 16.0 Å². The molecule has 0 bridgehead atoms. The van der Waals surface area contributed by atoms with Gasteiger partial charge in [-0.2, -0.15) is 0 Å². The summed E-state index contributed by atoms with van der Waals surface area (Å²) in [5, 5.41) is 1.05. The van der Waals surface area contributed by atoms with Crippen molar-refractivity contribution in [2.24, 2.45) is 0 Å². The highest BCUT2D eigenvalue weighted by Crippen LogP contribution is 2.37. The largest absolute Gasteiger partial charge is 0.493 e. The molecule has 0 fully saturated rings. The van der Waals surface area contributed by atoms with Gasteiger partial charge in [-0.1, -0.05) is 54.9 Å². The van der Waals surface area contributed by atoms with E-state index in [-0.39, 0.29) is 11.9 Å². The maximum Gasteiger partial charge on any atom is 0.305 e. The van der Waals surface area contributed by atoms with E-state index in [9.17, 15) is 4.79 Å². The molecule has 0 saturated carbocycles. The molecule has 3 rings (SSSR count). The number of aromatic nitrogens is 1. The molecule has 170 valence electrons. The number of hydrogen-bond acceptors (Lipinski definition) is 5. The van der Waals surface area contributed by atoms with E-state index in [0.717, 1.165) is 37.6 Å². The van der Waals surface area contributed by atoms with Gasteiger partial charge in [0.1, 0.15) is 10.8 Å². The highest BCUT2D eigenvalue weighted by Gasteiger charge is 2.20. The number of methoxy groups -OCH3 is 1. The van der Waals surface area contributed by atoms with Crippen LogP contribution in [0.2, 0.25) is 0 Å². The maximum absolute atomic E-state index is 11.4. The second-order valence-electron chi connectivity index (χ2n) is 8.31. The predicted molar refractivity (Wildman–Crippen MR) is 135 cm³/mol. The minimum Gasteiger partial charge on any atom is -0.493 e. The normalized spacial score (nSPS) is 12.1. The number of benzene rings is 2. The van der Waals surface area contributed by atoms with Gasteiger partial charge in [-0.05, 0) is 54.7 Å². The Bertz CT molecular complexity index is 1060. The molecule has 3 aromatic rings. The number of thiazole rings is 1. The summed E-state index contributed by atoms with van der Waals surface area (Å²) in [4.78, 5) is 17.6. The summed E-state index contributed by atoms with van der Waals surface area (Å²) in [5.74, 6) is 1.24. The summed E-state index contributed by atoms with van der Waals surface area (Å²) >= 11 is 5.26. The van der Waals surface area contributed by atoms with Gasteiger partial charge in [0.25, 0.3) is 0 Å². The molecule has 1 heterocycles. The van der Waals surface area contributed by atoms with E-state index >= 15 is 0 Å². The van der Waals surface area contributed by atoms with Crippen LogP contribution in [0.5, 0.6) is 5.75 Å². The molecule has 1 unspecified atom stereocenters. The van der Waals surface area contributed by atoms with Crippen molar-refractivity contribution < 1.29 is 14.3 Å². The average Bonchev–Trinajstić information content (AvgIpc) is 3.23. The summed E-state index contributed by atoms with van der Waals surface area (Å²) in [6.45, 7) is 9.21. The van der Waals surface area contributed by atoms with Gasteiger partial charge >= 0.3 is 5.97 Å². The molecule has 0 N–H and O–H groups in total. The number of hydrogen-bond donors (Lipinski definition) is 0. The number of carbonyl (C=O) groups excluding carboxylic acids is 1. The Labute approximate surface area is 203 Å². The highest BCUT2D eigenvalue weighted by atomic mass is 79.9. The van der Waals surface area contributed by atoms with Crippen LogP contribution in [0.3, 0.4) is 0 Å². The Morgan fingerprint density at radius 1 is 1.12 bits per heavy atom. The molecular weight excluding hydrogens is 486 g/mol. The third kappa shape index (κ3) is 6.20. The van der Waals surface area contributed by atoms with E-state index in [1.807, 2.05) is 25.1 Å². The second-order valence-corrected chi connectivity index (χ2v) is 10.3. The smallest absolute Gasteiger partial charge is 0.305 e. The number of aryl methyl sites for hydroxylation is 2. The molecule has 0 amide bonds. The molecule has 0 aliphatic carbocycles. The zero-order valence-electron chi connectivity index (χ0n) is 19.3. The minimum absolute atomic E-state index is 0.188. The van der Waals surface area contributed by atoms with E-state index in [0.29, 0.717) is 25.4 Å². The van der Waals surface area contributed by atoms with Crippen molar-refractivity contribution in [2.75, 3.05) is 13.7 Å². The van der Waals surface area contributed by atoms with Crippen molar-refractivity contribution in [3.63, 3.8) is 0 Å². The molecule has 0 saturated heterocycles. The topological polar surface area (TPSA) is 48.4 Å². The van der Waals surface area contributed by atoms with Crippen molar-refractivity contribution in [2.45, 2.75) is 52.4 Å². The Morgan fingerprint density at radius 2 is 1.84 bits per heavy atom. The maximum atomic E-state index is 11.4. The van der Waals surface area contributed by atoms with Gasteiger partial charge in [0.2, 0.25) is 0 Å². The summed E-state index contributed by atoms with van der Waals surface area (Å²) < 4.78 is 12.0. The van der Waals surface area contributed by atoms with E-state index in [1.165, 1.54) is 12.0 Å². The Morgan fingerprint density at radius 3 is 2.47 bits per heavy atom. The van der Waals surface area contributed by atoms with Gasteiger partial charge in [-0.15, -0.1) is 11.3 Å². The third-order valence-electron chi connectivity index (χ3n) is 5.41. The van der Waals surface area contributed by atoms with E-state index in [4.69, 9.17) is 14.5 Å². The third-order valence-corrected chi connectivity index (χ3v) is 7.29. The van der Waals surface area contributed by atoms with E-state index in [1.54, 1.807) is 11.3 Å². The van der Waals surface area contributed by atoms with Gasteiger partial charge in [0.05, 0.1) is 19.4 Å². The number of rotatable bonds is 9. The lowest BCUT2D eigenvalue weighted by Gasteiger charge is -2.15. The lowest BCUT2D eigenvalue weighted by Crippen LogP contribution is -2.09. The molecule has 2 aromatic carbocycles. The highest BCUT2D eigenvalue weighted by molar-refractivity contribution is 9.10. The minimum atomic E-state index is -0.188. The number of halogens is 1. The van der Waals surface area contributed by atoms with Crippen LogP contribution in [0.15, 0.2) is 46.9 Å². The number of carbonyl (C=O) groups is 1. The molecule has 0 aliphatic rings. The van der Waals surface area contributed by atoms with Gasteiger partial charge in [-0.3, -0.25) is 4.79 Å². The van der Waals surface area contributed by atoms with Crippen LogP contribution in [0.4, 0.5) is 0 Å². The monoisotopic (exact) mass is 515 g/mol. The number of ether oxygens (including phenoxy) is 2. The summed E-state index contributed by atoms with van der Waals surface area (Å²) in [7, 11) is 1.42. The molecule has 4 nitrogen and oxygen atoms in total. The van der Waals surface area contributed by atoms with Crippen LogP contribution in [-0.4, -0.2) is 24.7 Å². The van der Waals surface area contributed by atoms with Crippen molar-refractivity contribution >= 4 is 33.2 Å². The number of nitrogens with zero attached hydrogens (tertiary/aromatic N) is 1. The Hall–Kier alpha value is -2.18. The van der Waals surface area contributed by atoms with Crippen LogP contribution in [0, 0.1) is 6.92 Å². The molecule has 1 aromatic heterocycles. The fourth-order valence-electron chi connectivity index (χ4n) is 3.50. The van der Waals surface area contributed by atoms with Gasteiger partial charge in [0, 0.05) is 27.3 Å². The molecule has 0 radical (unpaired) electrons. The van der Waals surface area contributed by atoms with Crippen LogP contribution >= 0.6 is 27.3 Å². The molecular formula is C26H30BrNO3S. The summed E-state index contributed by atoms with van der Waals surface area (Å²) in [6, 6.07) is 14.4. The van der Waals surface area contributed by atoms with Gasteiger partial charge in [-0.25, -0.2) is 4.98 Å². The first kappa shape index (κ1) is 24.5. The first-order chi connectivity index (χ1) is 15.3. The lowest BCUT2D eigenvalue weighted by molar-refractivity contribution is -0.140. The lowest BCUT2D eigenvalue weighted by atomic mass is 10.0. The van der Waals surface area contributed by atoms with Crippen LogP contribution in [0.1, 0.15) is 60.7 Å². The molecule has 0 spiro atoms. The predicted octanol–water partition coefficient (Wildman–Crippen LogP) is 7.29. The Kier molecular flexibility index (Phi) is 8.49. The fraction of sp³-hybridized carbons (Fsp3) is 0.385. The summed E-state index contributed by atoms with van der Waals surface area (Å²) in [6.07, 6.45) is 1.06. The van der Waals surface area contributed by atoms with Crippen LogP contribution in [0.25, 0.3) is 10.6 Å². The SMILES string of the molecule is COC(=O)CCc1ccc(OCC(C)c2sc(-c3ccc(Br)cc3)nc2C(C)C)cc1C. The summed E-state index contributed by atoms with van der Waals surface area (Å²) in [5.41, 5.74) is 4.55. The fourth-order valence-corrected chi connectivity index (χ4v) is 5.03. The van der Waals surface area contributed by atoms with Crippen molar-refractivity contribution in [1.82, 2.24) is 4.98 Å². The first-order valence-electron chi connectivity index (χ1n) is 10.8. The average molecular weight is 517 g/mol. The Balaban J connectivity index is 1.70. The van der Waals surface area contributed by atoms with Gasteiger partial charge < -0.3 is 9.47 Å². The van der Waals surface area contributed by atoms with Crippen molar-refractivity contribution in [3.8, 4) is 16.3 Å². The van der Waals surface area contributed by atoms with Crippen molar-refractivity contribution in [3.05, 3.63) is 68.6 Å².